The Bertz CT molecular complexity index is 482. The number of hydrogen-bond acceptors (Lipinski definition) is 3. The summed E-state index contributed by atoms with van der Waals surface area (Å²) in [5, 5.41) is 4.84. The van der Waals surface area contributed by atoms with Gasteiger partial charge in [-0.25, -0.2) is 0 Å². The molecule has 0 saturated carbocycles. The van der Waals surface area contributed by atoms with Crippen molar-refractivity contribution in [2.75, 3.05) is 0 Å². The number of carbonyl (C=O) groups excluding carboxylic acids is 1. The fourth-order valence-electron chi connectivity index (χ4n) is 1.68. The van der Waals surface area contributed by atoms with Crippen molar-refractivity contribution >= 4 is 17.2 Å². The molecule has 1 aromatic carbocycles. The van der Waals surface area contributed by atoms with Crippen LogP contribution in [0.5, 0.6) is 0 Å². The standard InChI is InChI=1S/C14H16N2OS/c15-13(9-11-5-2-1-3-6-11)14(17)16-10-12-7-4-8-18-12/h1-8,13H,9-10,15H2,(H,16,17)/t13-/m1/s1. The van der Waals surface area contributed by atoms with Crippen LogP contribution in [0, 0.1) is 0 Å². The molecule has 1 atom stereocenters. The lowest BCUT2D eigenvalue weighted by Gasteiger charge is -2.11. The molecular formula is C14H16N2OS. The number of amides is 1. The topological polar surface area (TPSA) is 55.1 Å². The van der Waals surface area contributed by atoms with Crippen LogP contribution in [0.4, 0.5) is 0 Å². The minimum absolute atomic E-state index is 0.104. The van der Waals surface area contributed by atoms with Crippen molar-refractivity contribution in [3.05, 3.63) is 58.3 Å². The molecule has 0 fully saturated rings. The molecule has 0 saturated heterocycles. The molecule has 0 aliphatic rings. The third-order valence-corrected chi connectivity index (χ3v) is 3.53. The van der Waals surface area contributed by atoms with Crippen molar-refractivity contribution in [3.8, 4) is 0 Å². The second kappa shape index (κ2) is 6.33. The Morgan fingerprint density at radius 1 is 1.22 bits per heavy atom. The van der Waals surface area contributed by atoms with Crippen molar-refractivity contribution in [3.63, 3.8) is 0 Å². The molecule has 0 unspecified atom stereocenters. The Hall–Kier alpha value is -1.65. The van der Waals surface area contributed by atoms with Crippen LogP contribution >= 0.6 is 11.3 Å². The lowest BCUT2D eigenvalue weighted by atomic mass is 10.1. The summed E-state index contributed by atoms with van der Waals surface area (Å²) in [6.45, 7) is 0.555. The third-order valence-electron chi connectivity index (χ3n) is 2.65. The van der Waals surface area contributed by atoms with E-state index < -0.39 is 6.04 Å². The molecular weight excluding hydrogens is 244 g/mol. The van der Waals surface area contributed by atoms with Gasteiger partial charge in [0, 0.05) is 4.88 Å². The largest absolute Gasteiger partial charge is 0.350 e. The van der Waals surface area contributed by atoms with Gasteiger partial charge in [-0.05, 0) is 23.4 Å². The zero-order chi connectivity index (χ0) is 12.8. The fraction of sp³-hybridized carbons (Fsp3) is 0.214. The Kier molecular flexibility index (Phi) is 4.50. The fourth-order valence-corrected chi connectivity index (χ4v) is 2.32. The van der Waals surface area contributed by atoms with Gasteiger partial charge in [-0.2, -0.15) is 0 Å². The van der Waals surface area contributed by atoms with E-state index in [1.807, 2.05) is 47.8 Å². The van der Waals surface area contributed by atoms with E-state index in [0.717, 1.165) is 10.4 Å². The second-order valence-electron chi connectivity index (χ2n) is 4.09. The molecule has 18 heavy (non-hydrogen) atoms. The summed E-state index contributed by atoms with van der Waals surface area (Å²) in [4.78, 5) is 12.9. The highest BCUT2D eigenvalue weighted by atomic mass is 32.1. The smallest absolute Gasteiger partial charge is 0.237 e. The van der Waals surface area contributed by atoms with Crippen molar-refractivity contribution in [1.29, 1.82) is 0 Å². The average molecular weight is 260 g/mol. The van der Waals surface area contributed by atoms with Crippen molar-refractivity contribution in [1.82, 2.24) is 5.32 Å². The Balaban J connectivity index is 1.82. The summed E-state index contributed by atoms with van der Waals surface area (Å²) < 4.78 is 0. The molecule has 0 spiro atoms. The molecule has 94 valence electrons. The molecule has 0 radical (unpaired) electrons. The highest BCUT2D eigenvalue weighted by Gasteiger charge is 2.13. The zero-order valence-electron chi connectivity index (χ0n) is 10.0. The predicted octanol–water partition coefficient (Wildman–Crippen LogP) is 1.93. The Morgan fingerprint density at radius 3 is 2.67 bits per heavy atom. The van der Waals surface area contributed by atoms with E-state index in [1.165, 1.54) is 0 Å². The van der Waals surface area contributed by atoms with Gasteiger partial charge in [0.25, 0.3) is 0 Å². The molecule has 1 heterocycles. The molecule has 0 aliphatic heterocycles. The molecule has 2 rings (SSSR count). The first kappa shape index (κ1) is 12.8. The van der Waals surface area contributed by atoms with E-state index in [9.17, 15) is 4.79 Å². The maximum absolute atomic E-state index is 11.8. The van der Waals surface area contributed by atoms with Crippen LogP contribution in [-0.2, 0) is 17.8 Å². The molecule has 3 nitrogen and oxygen atoms in total. The molecule has 0 bridgehead atoms. The van der Waals surface area contributed by atoms with Crippen LogP contribution in [-0.4, -0.2) is 11.9 Å². The number of nitrogens with two attached hydrogens (primary N) is 1. The molecule has 3 N–H and O–H groups in total. The van der Waals surface area contributed by atoms with E-state index in [4.69, 9.17) is 5.73 Å². The van der Waals surface area contributed by atoms with E-state index >= 15 is 0 Å². The quantitative estimate of drug-likeness (QED) is 0.863. The van der Waals surface area contributed by atoms with Gasteiger partial charge in [0.2, 0.25) is 5.91 Å². The molecule has 1 amide bonds. The van der Waals surface area contributed by atoms with E-state index in [2.05, 4.69) is 5.32 Å². The van der Waals surface area contributed by atoms with E-state index in [0.29, 0.717) is 13.0 Å². The van der Waals surface area contributed by atoms with Crippen LogP contribution in [0.2, 0.25) is 0 Å². The molecule has 2 aromatic rings. The molecule has 4 heteroatoms. The maximum atomic E-state index is 11.8. The van der Waals surface area contributed by atoms with Crippen LogP contribution < -0.4 is 11.1 Å². The van der Waals surface area contributed by atoms with Gasteiger partial charge in [-0.3, -0.25) is 4.79 Å². The number of rotatable bonds is 5. The first-order valence-electron chi connectivity index (χ1n) is 5.85. The van der Waals surface area contributed by atoms with Crippen LogP contribution in [0.25, 0.3) is 0 Å². The van der Waals surface area contributed by atoms with E-state index in [-0.39, 0.29) is 5.91 Å². The number of thiophene rings is 1. The van der Waals surface area contributed by atoms with Crippen LogP contribution in [0.1, 0.15) is 10.4 Å². The summed E-state index contributed by atoms with van der Waals surface area (Å²) in [5.74, 6) is -0.104. The minimum Gasteiger partial charge on any atom is -0.350 e. The van der Waals surface area contributed by atoms with E-state index in [1.54, 1.807) is 11.3 Å². The Labute approximate surface area is 111 Å². The maximum Gasteiger partial charge on any atom is 0.237 e. The van der Waals surface area contributed by atoms with Crippen molar-refractivity contribution in [2.45, 2.75) is 19.0 Å². The van der Waals surface area contributed by atoms with Crippen molar-refractivity contribution < 1.29 is 4.79 Å². The minimum atomic E-state index is -0.493. The highest BCUT2D eigenvalue weighted by molar-refractivity contribution is 7.09. The van der Waals surface area contributed by atoms with Gasteiger partial charge >= 0.3 is 0 Å². The number of carbonyl (C=O) groups is 1. The van der Waals surface area contributed by atoms with Gasteiger partial charge in [-0.1, -0.05) is 36.4 Å². The second-order valence-corrected chi connectivity index (χ2v) is 5.13. The van der Waals surface area contributed by atoms with Gasteiger partial charge in [0.1, 0.15) is 0 Å². The number of benzene rings is 1. The third kappa shape index (κ3) is 3.68. The normalized spacial score (nSPS) is 12.1. The van der Waals surface area contributed by atoms with Crippen molar-refractivity contribution in [2.24, 2.45) is 5.73 Å². The van der Waals surface area contributed by atoms with Gasteiger partial charge in [0.15, 0.2) is 0 Å². The lowest BCUT2D eigenvalue weighted by Crippen LogP contribution is -2.41. The number of hydrogen-bond donors (Lipinski definition) is 2. The SMILES string of the molecule is N[C@H](Cc1ccccc1)C(=O)NCc1cccs1. The Morgan fingerprint density at radius 2 is 2.00 bits per heavy atom. The van der Waals surface area contributed by atoms with Crippen LogP contribution in [0.3, 0.4) is 0 Å². The van der Waals surface area contributed by atoms with Gasteiger partial charge in [-0.15, -0.1) is 11.3 Å². The summed E-state index contributed by atoms with van der Waals surface area (Å²) >= 11 is 1.63. The summed E-state index contributed by atoms with van der Waals surface area (Å²) in [7, 11) is 0. The zero-order valence-corrected chi connectivity index (χ0v) is 10.8. The van der Waals surface area contributed by atoms with Gasteiger partial charge < -0.3 is 11.1 Å². The van der Waals surface area contributed by atoms with Gasteiger partial charge in [0.05, 0.1) is 12.6 Å². The monoisotopic (exact) mass is 260 g/mol. The summed E-state index contributed by atoms with van der Waals surface area (Å²) in [5.41, 5.74) is 6.96. The molecule has 0 aliphatic carbocycles. The first-order chi connectivity index (χ1) is 8.75. The lowest BCUT2D eigenvalue weighted by molar-refractivity contribution is -0.122. The number of nitrogens with one attached hydrogen (secondary N) is 1. The first-order valence-corrected chi connectivity index (χ1v) is 6.73. The predicted molar refractivity (Wildman–Crippen MR) is 74.3 cm³/mol. The molecule has 1 aromatic heterocycles. The highest BCUT2D eigenvalue weighted by Crippen LogP contribution is 2.07. The van der Waals surface area contributed by atoms with Crippen LogP contribution in [0.15, 0.2) is 47.8 Å². The average Bonchev–Trinajstić information content (AvgIpc) is 2.90. The summed E-state index contributed by atoms with van der Waals surface area (Å²) in [6.07, 6.45) is 0.567. The summed E-state index contributed by atoms with van der Waals surface area (Å²) in [6, 6.07) is 13.3.